The fourth-order valence-electron chi connectivity index (χ4n) is 5.84. The van der Waals surface area contributed by atoms with Crippen LogP contribution in [-0.4, -0.2) is 58.9 Å². The average Bonchev–Trinajstić information content (AvgIpc) is 3.28. The molecule has 0 aromatic rings. The van der Waals surface area contributed by atoms with E-state index in [2.05, 4.69) is 13.0 Å². The van der Waals surface area contributed by atoms with E-state index >= 15 is 0 Å². The van der Waals surface area contributed by atoms with Crippen molar-refractivity contribution >= 4 is 5.97 Å². The first-order chi connectivity index (χ1) is 11.1. The van der Waals surface area contributed by atoms with Gasteiger partial charge in [0.15, 0.2) is 0 Å². The predicted octanol–water partition coefficient (Wildman–Crippen LogP) is 0.944. The van der Waals surface area contributed by atoms with Gasteiger partial charge in [0.05, 0.1) is 18.3 Å². The van der Waals surface area contributed by atoms with E-state index < -0.39 is 40.3 Å². The molecule has 24 heavy (non-hydrogen) atoms. The maximum Gasteiger partial charge on any atom is 0.302 e. The fraction of sp³-hybridized carbons (Fsp3) is 0.833. The highest BCUT2D eigenvalue weighted by Gasteiger charge is 2.86. The molecule has 0 amide bonds. The Bertz CT molecular complexity index is 625. The number of fused-ring (bicyclic) bond motifs is 2. The van der Waals surface area contributed by atoms with Gasteiger partial charge in [-0.3, -0.25) is 4.79 Å². The third kappa shape index (κ3) is 1.59. The molecular formula is C18H26O6. The molecule has 7 atom stereocenters. The van der Waals surface area contributed by atoms with Gasteiger partial charge >= 0.3 is 5.97 Å². The summed E-state index contributed by atoms with van der Waals surface area (Å²) in [6.07, 6.45) is 1.04. The van der Waals surface area contributed by atoms with Gasteiger partial charge in [-0.05, 0) is 26.7 Å². The number of aliphatic hydroxyl groups excluding tert-OH is 2. The largest absolute Gasteiger partial charge is 0.465 e. The first-order valence-corrected chi connectivity index (χ1v) is 8.63. The van der Waals surface area contributed by atoms with Crippen molar-refractivity contribution < 1.29 is 29.2 Å². The van der Waals surface area contributed by atoms with Crippen LogP contribution in [0.1, 0.15) is 40.5 Å². The number of carbonyl (C=O) groups excluding carboxylic acids is 1. The lowest BCUT2D eigenvalue weighted by Crippen LogP contribution is -2.71. The number of hydrogen-bond acceptors (Lipinski definition) is 6. The molecule has 0 aromatic carbocycles. The fourth-order valence-corrected chi connectivity index (χ4v) is 5.84. The van der Waals surface area contributed by atoms with E-state index in [1.165, 1.54) is 12.5 Å². The van der Waals surface area contributed by atoms with E-state index in [0.717, 1.165) is 6.42 Å². The van der Waals surface area contributed by atoms with Gasteiger partial charge in [-0.25, -0.2) is 0 Å². The number of allylic oxidation sites excluding steroid dienone is 1. The molecule has 6 nitrogen and oxygen atoms in total. The van der Waals surface area contributed by atoms with Crippen LogP contribution in [0, 0.1) is 10.8 Å². The average molecular weight is 338 g/mol. The summed E-state index contributed by atoms with van der Waals surface area (Å²) in [6, 6.07) is 0. The number of ether oxygens (including phenoxy) is 3. The Morgan fingerprint density at radius 2 is 2.08 bits per heavy atom. The van der Waals surface area contributed by atoms with Crippen LogP contribution in [0.25, 0.3) is 0 Å². The van der Waals surface area contributed by atoms with E-state index in [0.29, 0.717) is 13.0 Å². The maximum absolute atomic E-state index is 11.5. The van der Waals surface area contributed by atoms with E-state index in [9.17, 15) is 15.0 Å². The molecule has 2 aliphatic carbocycles. The summed E-state index contributed by atoms with van der Waals surface area (Å²) in [5, 5.41) is 21.6. The van der Waals surface area contributed by atoms with Crippen LogP contribution in [0.3, 0.4) is 0 Å². The molecule has 4 aliphatic rings. The molecule has 4 rings (SSSR count). The minimum atomic E-state index is -1.01. The zero-order chi connectivity index (χ0) is 17.5. The van der Waals surface area contributed by atoms with E-state index in [1.807, 2.05) is 13.8 Å². The molecule has 1 spiro atoms. The van der Waals surface area contributed by atoms with Crippen LogP contribution in [0.15, 0.2) is 11.6 Å². The number of carbonyl (C=O) groups is 1. The summed E-state index contributed by atoms with van der Waals surface area (Å²) in [7, 11) is 0. The number of rotatable bonds is 2. The van der Waals surface area contributed by atoms with Gasteiger partial charge in [-0.15, -0.1) is 0 Å². The van der Waals surface area contributed by atoms with Crippen LogP contribution >= 0.6 is 0 Å². The van der Waals surface area contributed by atoms with Gasteiger partial charge in [0, 0.05) is 17.8 Å². The van der Waals surface area contributed by atoms with Crippen molar-refractivity contribution in [2.75, 3.05) is 13.2 Å². The van der Waals surface area contributed by atoms with Crippen LogP contribution in [0.2, 0.25) is 0 Å². The first kappa shape index (κ1) is 16.5. The smallest absolute Gasteiger partial charge is 0.302 e. The third-order valence-corrected chi connectivity index (χ3v) is 7.33. The number of hydrogen-bond donors (Lipinski definition) is 2. The molecule has 134 valence electrons. The Hall–Kier alpha value is -0.950. The van der Waals surface area contributed by atoms with Crippen LogP contribution < -0.4 is 0 Å². The zero-order valence-corrected chi connectivity index (χ0v) is 14.7. The number of esters is 1. The highest BCUT2D eigenvalue weighted by Crippen LogP contribution is 2.74. The molecule has 0 radical (unpaired) electrons. The summed E-state index contributed by atoms with van der Waals surface area (Å²) in [5.74, 6) is -0.359. The molecule has 6 heteroatoms. The highest BCUT2D eigenvalue weighted by molar-refractivity contribution is 5.66. The van der Waals surface area contributed by atoms with Crippen LogP contribution in [0.5, 0.6) is 0 Å². The standard InChI is InChI=1S/C18H26O6/c1-10-5-6-17(8-22-11(2)19)15(3,7-10)24-14-12(20)13(21)16(17,4)18(14)9-23-18/h7,12-14,20-21H,5-6,8-9H2,1-4H3. The quantitative estimate of drug-likeness (QED) is 0.443. The maximum atomic E-state index is 11.5. The lowest BCUT2D eigenvalue weighted by molar-refractivity contribution is -0.271. The summed E-state index contributed by atoms with van der Waals surface area (Å²) in [5.41, 5.74) is -1.65. The van der Waals surface area contributed by atoms with E-state index in [1.54, 1.807) is 0 Å². The Balaban J connectivity index is 1.91. The molecule has 7 unspecified atom stereocenters. The normalized spacial score (nSPS) is 55.1. The lowest BCUT2D eigenvalue weighted by atomic mass is 9.47. The van der Waals surface area contributed by atoms with Crippen molar-refractivity contribution in [3.05, 3.63) is 11.6 Å². The summed E-state index contributed by atoms with van der Waals surface area (Å²) in [4.78, 5) is 11.5. The van der Waals surface area contributed by atoms with E-state index in [4.69, 9.17) is 14.2 Å². The minimum Gasteiger partial charge on any atom is -0.465 e. The second-order valence-electron chi connectivity index (χ2n) is 8.31. The van der Waals surface area contributed by atoms with Gasteiger partial charge in [0.2, 0.25) is 0 Å². The van der Waals surface area contributed by atoms with Crippen molar-refractivity contribution in [1.29, 1.82) is 0 Å². The SMILES string of the molecule is CC(=O)OCC12CCC(C)=CC1(C)OC1C(O)C(O)C2(C)C12CO2. The Morgan fingerprint density at radius 3 is 2.67 bits per heavy atom. The molecular weight excluding hydrogens is 312 g/mol. The predicted molar refractivity (Wildman–Crippen MR) is 84.1 cm³/mol. The van der Waals surface area contributed by atoms with Crippen molar-refractivity contribution in [2.24, 2.45) is 10.8 Å². The molecule has 2 saturated heterocycles. The topological polar surface area (TPSA) is 88.5 Å². The summed E-state index contributed by atoms with van der Waals surface area (Å²) in [6.45, 7) is 7.97. The van der Waals surface area contributed by atoms with Crippen LogP contribution in [0.4, 0.5) is 0 Å². The molecule has 2 aliphatic heterocycles. The lowest BCUT2D eigenvalue weighted by Gasteiger charge is -2.62. The third-order valence-electron chi connectivity index (χ3n) is 7.33. The van der Waals surface area contributed by atoms with Crippen molar-refractivity contribution in [1.82, 2.24) is 0 Å². The van der Waals surface area contributed by atoms with E-state index in [-0.39, 0.29) is 12.6 Å². The van der Waals surface area contributed by atoms with Crippen LogP contribution in [-0.2, 0) is 19.0 Å². The van der Waals surface area contributed by atoms with Gasteiger partial charge in [0.1, 0.15) is 24.4 Å². The second-order valence-corrected chi connectivity index (χ2v) is 8.31. The Kier molecular flexibility index (Phi) is 3.17. The number of epoxide rings is 1. The first-order valence-electron chi connectivity index (χ1n) is 8.63. The molecule has 0 aromatic heterocycles. The zero-order valence-electron chi connectivity index (χ0n) is 14.7. The van der Waals surface area contributed by atoms with Gasteiger partial charge in [-0.2, -0.15) is 0 Å². The van der Waals surface area contributed by atoms with Crippen molar-refractivity contribution in [3.8, 4) is 0 Å². The summed E-state index contributed by atoms with van der Waals surface area (Å²) >= 11 is 0. The molecule has 2 bridgehead atoms. The van der Waals surface area contributed by atoms with Gasteiger partial charge < -0.3 is 24.4 Å². The summed E-state index contributed by atoms with van der Waals surface area (Å²) < 4.78 is 17.7. The van der Waals surface area contributed by atoms with Crippen molar-refractivity contribution in [3.63, 3.8) is 0 Å². The molecule has 2 N–H and O–H groups in total. The van der Waals surface area contributed by atoms with Gasteiger partial charge in [0.25, 0.3) is 0 Å². The molecule has 2 heterocycles. The molecule has 1 saturated carbocycles. The van der Waals surface area contributed by atoms with Gasteiger partial charge in [-0.1, -0.05) is 18.6 Å². The number of aliphatic hydroxyl groups is 2. The molecule has 3 fully saturated rings. The van der Waals surface area contributed by atoms with Crippen molar-refractivity contribution in [2.45, 2.75) is 70.1 Å². The Labute approximate surface area is 141 Å². The second kappa shape index (κ2) is 4.61. The highest BCUT2D eigenvalue weighted by atomic mass is 16.6. The monoisotopic (exact) mass is 338 g/mol. The Morgan fingerprint density at radius 1 is 1.42 bits per heavy atom. The minimum absolute atomic E-state index is 0.140.